The number of esters is 2. The van der Waals surface area contributed by atoms with Crippen LogP contribution in [0.15, 0.2) is 30.3 Å². The Labute approximate surface area is 179 Å². The summed E-state index contributed by atoms with van der Waals surface area (Å²) in [5.41, 5.74) is -0.0860. The molecule has 30 heavy (non-hydrogen) atoms. The van der Waals surface area contributed by atoms with Crippen LogP contribution in [0.1, 0.15) is 58.4 Å². The predicted octanol–water partition coefficient (Wildman–Crippen LogP) is 4.49. The van der Waals surface area contributed by atoms with Gasteiger partial charge in [-0.3, -0.25) is 9.59 Å². The van der Waals surface area contributed by atoms with Gasteiger partial charge in [-0.15, -0.1) is 0 Å². The van der Waals surface area contributed by atoms with Crippen LogP contribution in [-0.2, 0) is 28.5 Å². The van der Waals surface area contributed by atoms with E-state index >= 15 is 0 Å². The fraction of sp³-hybridized carbons (Fsp3) is 0.609. The van der Waals surface area contributed by atoms with Gasteiger partial charge in [0, 0.05) is 6.92 Å². The van der Waals surface area contributed by atoms with Crippen LogP contribution in [0.2, 0.25) is 0 Å². The van der Waals surface area contributed by atoms with E-state index in [1.54, 1.807) is 0 Å². The monoisotopic (exact) mass is 422 g/mol. The summed E-state index contributed by atoms with van der Waals surface area (Å²) in [5.74, 6) is -0.349. The average Bonchev–Trinajstić information content (AvgIpc) is 2.75. The van der Waals surface area contributed by atoms with Crippen LogP contribution < -0.4 is 0 Å². The Morgan fingerprint density at radius 2 is 1.67 bits per heavy atom. The van der Waals surface area contributed by atoms with Crippen molar-refractivity contribution in [2.45, 2.75) is 52.9 Å². The van der Waals surface area contributed by atoms with E-state index in [1.807, 2.05) is 18.2 Å². The lowest BCUT2D eigenvalue weighted by Gasteiger charge is -2.25. The van der Waals surface area contributed by atoms with Crippen molar-refractivity contribution in [2.24, 2.45) is 11.3 Å². The molecule has 0 saturated carbocycles. The normalized spacial score (nSPS) is 14.7. The molecule has 0 aliphatic carbocycles. The van der Waals surface area contributed by atoms with Gasteiger partial charge < -0.3 is 18.9 Å². The Morgan fingerprint density at radius 3 is 2.23 bits per heavy atom. The Hall–Kier alpha value is -2.57. The van der Waals surface area contributed by atoms with Crippen molar-refractivity contribution in [2.75, 3.05) is 26.9 Å². The predicted molar refractivity (Wildman–Crippen MR) is 112 cm³/mol. The molecule has 0 amide bonds. The number of hydrogen-bond donors (Lipinski definition) is 0. The van der Waals surface area contributed by atoms with E-state index in [9.17, 15) is 14.4 Å². The van der Waals surface area contributed by atoms with Gasteiger partial charge in [0.15, 0.2) is 0 Å². The van der Waals surface area contributed by atoms with Crippen molar-refractivity contribution < 1.29 is 33.3 Å². The van der Waals surface area contributed by atoms with Crippen LogP contribution in [0.5, 0.6) is 0 Å². The molecule has 7 heteroatoms. The van der Waals surface area contributed by atoms with Gasteiger partial charge in [-0.05, 0) is 37.2 Å². The molecule has 0 aromatic heterocycles. The minimum atomic E-state index is -1.30. The summed E-state index contributed by atoms with van der Waals surface area (Å²) in [6.45, 7) is 6.72. The molecule has 0 saturated heterocycles. The van der Waals surface area contributed by atoms with Crippen LogP contribution in [-0.4, -0.2) is 45.0 Å². The molecule has 1 rings (SSSR count). The second-order valence-electron chi connectivity index (χ2n) is 7.87. The molecule has 1 aromatic carbocycles. The number of methoxy groups -OCH3 is 1. The number of benzene rings is 1. The SMILES string of the molecule is CCC(C)C[C@@H](CCOC(=O)OC[C@@](C)(COC(C)=O)C(=O)OC)c1ccccc1. The second-order valence-corrected chi connectivity index (χ2v) is 7.87. The third-order valence-electron chi connectivity index (χ3n) is 5.12. The van der Waals surface area contributed by atoms with Gasteiger partial charge >= 0.3 is 18.1 Å². The van der Waals surface area contributed by atoms with Crippen molar-refractivity contribution in [1.82, 2.24) is 0 Å². The summed E-state index contributed by atoms with van der Waals surface area (Å²) in [4.78, 5) is 35.1. The van der Waals surface area contributed by atoms with E-state index in [-0.39, 0.29) is 25.7 Å². The van der Waals surface area contributed by atoms with Gasteiger partial charge in [-0.1, -0.05) is 50.6 Å². The zero-order valence-electron chi connectivity index (χ0n) is 18.6. The first-order valence-corrected chi connectivity index (χ1v) is 10.3. The largest absolute Gasteiger partial charge is 0.508 e. The molecule has 1 aromatic rings. The second kappa shape index (κ2) is 12.9. The molecule has 0 spiro atoms. The van der Waals surface area contributed by atoms with Crippen molar-refractivity contribution in [3.05, 3.63) is 35.9 Å². The van der Waals surface area contributed by atoms with Crippen LogP contribution in [0.3, 0.4) is 0 Å². The molecule has 0 N–H and O–H groups in total. The fourth-order valence-electron chi connectivity index (χ4n) is 3.01. The van der Waals surface area contributed by atoms with E-state index in [1.165, 1.54) is 26.5 Å². The Balaban J connectivity index is 2.58. The molecule has 0 heterocycles. The first kappa shape index (κ1) is 25.5. The maximum Gasteiger partial charge on any atom is 0.508 e. The van der Waals surface area contributed by atoms with Gasteiger partial charge in [0.1, 0.15) is 18.6 Å². The molecule has 0 aliphatic heterocycles. The van der Waals surface area contributed by atoms with Gasteiger partial charge in [-0.25, -0.2) is 4.79 Å². The van der Waals surface area contributed by atoms with Crippen LogP contribution in [0.25, 0.3) is 0 Å². The number of rotatable bonds is 12. The van der Waals surface area contributed by atoms with Crippen molar-refractivity contribution >= 4 is 18.1 Å². The summed E-state index contributed by atoms with van der Waals surface area (Å²) < 4.78 is 19.9. The summed E-state index contributed by atoms with van der Waals surface area (Å²) in [5, 5.41) is 0. The molecule has 0 bridgehead atoms. The molecule has 7 nitrogen and oxygen atoms in total. The van der Waals surface area contributed by atoms with Gasteiger partial charge in [-0.2, -0.15) is 0 Å². The first-order valence-electron chi connectivity index (χ1n) is 10.3. The summed E-state index contributed by atoms with van der Waals surface area (Å²) >= 11 is 0. The minimum absolute atomic E-state index is 0.202. The molecule has 1 unspecified atom stereocenters. The Bertz CT molecular complexity index is 673. The van der Waals surface area contributed by atoms with Crippen LogP contribution in [0.4, 0.5) is 4.79 Å². The Kier molecular flexibility index (Phi) is 10.9. The van der Waals surface area contributed by atoms with E-state index in [0.29, 0.717) is 12.3 Å². The van der Waals surface area contributed by atoms with Gasteiger partial charge in [0.25, 0.3) is 0 Å². The van der Waals surface area contributed by atoms with E-state index in [0.717, 1.165) is 12.8 Å². The van der Waals surface area contributed by atoms with Crippen LogP contribution in [0, 0.1) is 11.3 Å². The molecule has 0 fully saturated rings. The molecular formula is C23H34O7. The topological polar surface area (TPSA) is 88.1 Å². The van der Waals surface area contributed by atoms with E-state index in [2.05, 4.69) is 26.0 Å². The molecule has 168 valence electrons. The maximum absolute atomic E-state index is 12.0. The lowest BCUT2D eigenvalue weighted by Crippen LogP contribution is -2.39. The van der Waals surface area contributed by atoms with Gasteiger partial charge in [0.05, 0.1) is 13.7 Å². The molecular weight excluding hydrogens is 388 g/mol. The molecule has 0 radical (unpaired) electrons. The number of hydrogen-bond acceptors (Lipinski definition) is 7. The third-order valence-corrected chi connectivity index (χ3v) is 5.12. The molecule has 0 aliphatic rings. The zero-order valence-corrected chi connectivity index (χ0v) is 18.6. The lowest BCUT2D eigenvalue weighted by atomic mass is 9.86. The standard InChI is InChI=1S/C23H34O7/c1-6-17(2)14-20(19-10-8-7-9-11-19)12-13-28-22(26)30-16-23(4,21(25)27-5)15-29-18(3)24/h7-11,17,20H,6,12-16H2,1-5H3/t17?,20-,23-/m1/s1. The maximum atomic E-state index is 12.0. The molecule has 3 atom stereocenters. The zero-order chi connectivity index (χ0) is 22.6. The van der Waals surface area contributed by atoms with Crippen molar-refractivity contribution in [1.29, 1.82) is 0 Å². The first-order chi connectivity index (χ1) is 14.2. The third kappa shape index (κ3) is 8.84. The summed E-state index contributed by atoms with van der Waals surface area (Å²) in [6, 6.07) is 10.2. The summed E-state index contributed by atoms with van der Waals surface area (Å²) in [6.07, 6.45) is 1.89. The average molecular weight is 423 g/mol. The highest BCUT2D eigenvalue weighted by atomic mass is 16.7. The minimum Gasteiger partial charge on any atom is -0.468 e. The Morgan fingerprint density at radius 1 is 1.03 bits per heavy atom. The van der Waals surface area contributed by atoms with Gasteiger partial charge in [0.2, 0.25) is 0 Å². The number of ether oxygens (including phenoxy) is 4. The lowest BCUT2D eigenvalue weighted by molar-refractivity contribution is -0.162. The van der Waals surface area contributed by atoms with Crippen molar-refractivity contribution in [3.63, 3.8) is 0 Å². The highest BCUT2D eigenvalue weighted by Crippen LogP contribution is 2.28. The van der Waals surface area contributed by atoms with Crippen molar-refractivity contribution in [3.8, 4) is 0 Å². The van der Waals surface area contributed by atoms with E-state index in [4.69, 9.17) is 18.9 Å². The van der Waals surface area contributed by atoms with E-state index < -0.39 is 23.5 Å². The number of carbonyl (C=O) groups excluding carboxylic acids is 3. The highest BCUT2D eigenvalue weighted by Gasteiger charge is 2.38. The smallest absolute Gasteiger partial charge is 0.468 e. The highest BCUT2D eigenvalue weighted by molar-refractivity contribution is 5.77. The van der Waals surface area contributed by atoms with Crippen LogP contribution >= 0.6 is 0 Å². The number of carbonyl (C=O) groups is 3. The fourth-order valence-corrected chi connectivity index (χ4v) is 3.01. The quantitative estimate of drug-likeness (QED) is 0.362. The summed E-state index contributed by atoms with van der Waals surface area (Å²) in [7, 11) is 1.22.